The molecule has 1 aromatic carbocycles. The molecule has 0 saturated carbocycles. The molecule has 27 heavy (non-hydrogen) atoms. The minimum atomic E-state index is -0.424. The number of carbonyl (C=O) groups is 2. The smallest absolute Gasteiger partial charge is 0.329 e. The quantitative estimate of drug-likeness (QED) is 0.718. The Morgan fingerprint density at radius 2 is 1.89 bits per heavy atom. The summed E-state index contributed by atoms with van der Waals surface area (Å²) in [5.74, 6) is 0.446. The lowest BCUT2D eigenvalue weighted by Crippen LogP contribution is -2.30. The van der Waals surface area contributed by atoms with Gasteiger partial charge in [-0.25, -0.2) is 9.69 Å². The van der Waals surface area contributed by atoms with Gasteiger partial charge in [0.15, 0.2) is 0 Å². The van der Waals surface area contributed by atoms with Crippen LogP contribution in [0.2, 0.25) is 0 Å². The fraction of sp³-hybridized carbons (Fsp3) is 0.263. The van der Waals surface area contributed by atoms with Crippen LogP contribution in [0.15, 0.2) is 47.2 Å². The molecule has 4 rings (SSSR count). The van der Waals surface area contributed by atoms with Crippen LogP contribution in [0.25, 0.3) is 0 Å². The second-order valence-electron chi connectivity index (χ2n) is 6.24. The number of nitrogens with zero attached hydrogens (tertiary/aromatic N) is 4. The van der Waals surface area contributed by atoms with Gasteiger partial charge in [-0.3, -0.25) is 9.48 Å². The molecule has 8 nitrogen and oxygen atoms in total. The molecule has 0 unspecified atom stereocenters. The lowest BCUT2D eigenvalue weighted by atomic mass is 10.2. The molecule has 2 aromatic heterocycles. The molecule has 0 atom stereocenters. The predicted octanol–water partition coefficient (Wildman–Crippen LogP) is 2.59. The molecule has 1 saturated heterocycles. The number of benzene rings is 1. The van der Waals surface area contributed by atoms with Gasteiger partial charge in [-0.15, -0.1) is 0 Å². The van der Waals surface area contributed by atoms with Crippen LogP contribution >= 0.6 is 0 Å². The molecular formula is C19H21N5O3. The summed E-state index contributed by atoms with van der Waals surface area (Å²) in [6, 6.07) is 9.84. The summed E-state index contributed by atoms with van der Waals surface area (Å²) in [4.78, 5) is 24.2. The van der Waals surface area contributed by atoms with Crippen molar-refractivity contribution in [1.29, 1.82) is 0 Å². The number of imide groups is 1. The summed E-state index contributed by atoms with van der Waals surface area (Å²) >= 11 is 0. The van der Waals surface area contributed by atoms with Crippen molar-refractivity contribution in [2.75, 3.05) is 11.4 Å². The van der Waals surface area contributed by atoms with Crippen molar-refractivity contribution in [2.45, 2.75) is 27.3 Å². The van der Waals surface area contributed by atoms with Gasteiger partial charge in [-0.1, -0.05) is 41.1 Å². The van der Waals surface area contributed by atoms with E-state index in [1.807, 2.05) is 32.0 Å². The van der Waals surface area contributed by atoms with Gasteiger partial charge in [-0.2, -0.15) is 5.10 Å². The van der Waals surface area contributed by atoms with Crippen molar-refractivity contribution in [2.24, 2.45) is 0 Å². The first-order valence-electron chi connectivity index (χ1n) is 8.52. The number of carbonyl (C=O) groups excluding carboxylic acids is 2. The van der Waals surface area contributed by atoms with Gasteiger partial charge in [-0.05, 0) is 20.8 Å². The third kappa shape index (κ3) is 4.22. The highest BCUT2D eigenvalue weighted by molar-refractivity contribution is 6.19. The Morgan fingerprint density at radius 3 is 2.41 bits per heavy atom. The van der Waals surface area contributed by atoms with Gasteiger partial charge in [0.2, 0.25) is 0 Å². The lowest BCUT2D eigenvalue weighted by Gasteiger charge is -2.08. The fourth-order valence-electron chi connectivity index (χ4n) is 2.66. The van der Waals surface area contributed by atoms with E-state index >= 15 is 0 Å². The maximum absolute atomic E-state index is 11.6. The molecule has 0 radical (unpaired) electrons. The highest BCUT2D eigenvalue weighted by Gasteiger charge is 2.30. The van der Waals surface area contributed by atoms with Crippen LogP contribution in [0.3, 0.4) is 0 Å². The van der Waals surface area contributed by atoms with Crippen molar-refractivity contribution in [3.05, 3.63) is 65.3 Å². The molecule has 0 bridgehead atoms. The third-order valence-corrected chi connectivity index (χ3v) is 4.16. The molecule has 0 aliphatic carbocycles. The van der Waals surface area contributed by atoms with Crippen molar-refractivity contribution in [3.63, 3.8) is 0 Å². The molecule has 0 spiro atoms. The van der Waals surface area contributed by atoms with Crippen LogP contribution in [0.5, 0.6) is 0 Å². The van der Waals surface area contributed by atoms with Crippen molar-refractivity contribution >= 4 is 17.6 Å². The molecule has 3 aromatic rings. The Kier molecular flexibility index (Phi) is 5.35. The number of amides is 3. The van der Waals surface area contributed by atoms with Crippen LogP contribution in [-0.2, 0) is 11.3 Å². The molecule has 140 valence electrons. The molecular weight excluding hydrogens is 346 g/mol. The van der Waals surface area contributed by atoms with Crippen LogP contribution in [0.4, 0.5) is 10.5 Å². The van der Waals surface area contributed by atoms with E-state index < -0.39 is 6.03 Å². The van der Waals surface area contributed by atoms with E-state index in [0.717, 1.165) is 21.9 Å². The zero-order valence-electron chi connectivity index (χ0n) is 15.5. The van der Waals surface area contributed by atoms with Gasteiger partial charge < -0.3 is 9.84 Å². The Bertz CT molecular complexity index is 910. The Balaban J connectivity index is 0.000000253. The number of hydrogen-bond acceptors (Lipinski definition) is 5. The summed E-state index contributed by atoms with van der Waals surface area (Å²) < 4.78 is 6.73. The van der Waals surface area contributed by atoms with E-state index in [1.54, 1.807) is 10.9 Å². The Hall–Kier alpha value is -3.42. The fourth-order valence-corrected chi connectivity index (χ4v) is 2.66. The average Bonchev–Trinajstić information content (AvgIpc) is 3.32. The second-order valence-corrected chi connectivity index (χ2v) is 6.24. The van der Waals surface area contributed by atoms with E-state index in [0.29, 0.717) is 12.2 Å². The second kappa shape index (κ2) is 7.86. The maximum atomic E-state index is 11.6. The molecule has 1 N–H and O–H groups in total. The summed E-state index contributed by atoms with van der Waals surface area (Å²) in [5, 5.41) is 10.5. The predicted molar refractivity (Wildman–Crippen MR) is 99.4 cm³/mol. The number of aromatic nitrogens is 3. The molecule has 3 heterocycles. The van der Waals surface area contributed by atoms with Crippen molar-refractivity contribution in [1.82, 2.24) is 20.3 Å². The van der Waals surface area contributed by atoms with E-state index in [2.05, 4.69) is 34.6 Å². The van der Waals surface area contributed by atoms with Gasteiger partial charge in [0.05, 0.1) is 30.7 Å². The van der Waals surface area contributed by atoms with Gasteiger partial charge in [0, 0.05) is 11.8 Å². The Morgan fingerprint density at radius 1 is 1.15 bits per heavy atom. The molecule has 3 amide bonds. The first kappa shape index (κ1) is 18.4. The topological polar surface area (TPSA) is 93.3 Å². The largest absolute Gasteiger partial charge is 0.361 e. The highest BCUT2D eigenvalue weighted by Crippen LogP contribution is 2.18. The van der Waals surface area contributed by atoms with E-state index in [-0.39, 0.29) is 12.5 Å². The normalized spacial score (nSPS) is 13.4. The molecule has 8 heteroatoms. The molecule has 1 aliphatic rings. The van der Waals surface area contributed by atoms with E-state index in [4.69, 9.17) is 4.52 Å². The number of urea groups is 1. The van der Waals surface area contributed by atoms with Gasteiger partial charge >= 0.3 is 6.03 Å². The van der Waals surface area contributed by atoms with E-state index in [9.17, 15) is 9.59 Å². The van der Waals surface area contributed by atoms with Crippen LogP contribution in [0.1, 0.15) is 22.6 Å². The van der Waals surface area contributed by atoms with Crippen LogP contribution < -0.4 is 10.2 Å². The number of anilines is 1. The van der Waals surface area contributed by atoms with Crippen molar-refractivity contribution < 1.29 is 14.1 Å². The summed E-state index contributed by atoms with van der Waals surface area (Å²) in [7, 11) is 0. The van der Waals surface area contributed by atoms with Gasteiger partial charge in [0.1, 0.15) is 5.76 Å². The Labute approximate surface area is 156 Å². The minimum absolute atomic E-state index is 0.0217. The highest BCUT2D eigenvalue weighted by atomic mass is 16.5. The number of hydrogen-bond donors (Lipinski definition) is 1. The summed E-state index contributed by atoms with van der Waals surface area (Å²) in [6.45, 7) is 6.27. The third-order valence-electron chi connectivity index (χ3n) is 4.16. The zero-order chi connectivity index (χ0) is 19.4. The standard InChI is InChI=1S/C12H13N5O3.C7H8/c1-7-10(8(2)20-15-7)6-16-5-9(3-14-16)17-11(18)4-13-12(17)19;1-7-5-3-2-4-6-7/h3,5H,4,6H2,1-2H3,(H,13,19);2-6H,1H3. The number of rotatable bonds is 3. The molecule has 1 aliphatic heterocycles. The van der Waals surface area contributed by atoms with Gasteiger partial charge in [0.25, 0.3) is 5.91 Å². The van der Waals surface area contributed by atoms with E-state index in [1.165, 1.54) is 11.8 Å². The van der Waals surface area contributed by atoms with Crippen LogP contribution in [-0.4, -0.2) is 33.4 Å². The van der Waals surface area contributed by atoms with Crippen LogP contribution in [0, 0.1) is 20.8 Å². The maximum Gasteiger partial charge on any atom is 0.329 e. The minimum Gasteiger partial charge on any atom is -0.361 e. The first-order valence-corrected chi connectivity index (χ1v) is 8.52. The van der Waals surface area contributed by atoms with Crippen molar-refractivity contribution in [3.8, 4) is 0 Å². The lowest BCUT2D eigenvalue weighted by molar-refractivity contribution is -0.115. The number of aryl methyl sites for hydroxylation is 3. The zero-order valence-corrected chi connectivity index (χ0v) is 15.5. The summed E-state index contributed by atoms with van der Waals surface area (Å²) in [5.41, 5.74) is 3.52. The number of nitrogens with one attached hydrogen (secondary N) is 1. The summed E-state index contributed by atoms with van der Waals surface area (Å²) in [6.07, 6.45) is 3.13. The average molecular weight is 367 g/mol. The SMILES string of the molecule is Cc1ccccc1.Cc1noc(C)c1Cn1cc(N2C(=O)CNC2=O)cn1. The molecule has 1 fully saturated rings. The first-order chi connectivity index (χ1) is 13.0. The monoisotopic (exact) mass is 367 g/mol.